The molecule has 0 aliphatic rings. The lowest BCUT2D eigenvalue weighted by molar-refractivity contribution is 0.0910. The smallest absolute Gasteiger partial charge is 0.271 e. The summed E-state index contributed by atoms with van der Waals surface area (Å²) < 4.78 is 1.74. The van der Waals surface area contributed by atoms with Crippen LogP contribution in [0.25, 0.3) is 5.69 Å². The van der Waals surface area contributed by atoms with Gasteiger partial charge in [-0.3, -0.25) is 4.79 Å². The van der Waals surface area contributed by atoms with Crippen molar-refractivity contribution in [1.29, 1.82) is 0 Å². The van der Waals surface area contributed by atoms with Gasteiger partial charge in [-0.25, -0.2) is 4.68 Å². The van der Waals surface area contributed by atoms with Gasteiger partial charge in [-0.15, -0.1) is 0 Å². The SMILES string of the molecule is Cc1ccc(-n2nc(C(=O)NCC(O)Cc3ccccc3)cc2C)cc1. The summed E-state index contributed by atoms with van der Waals surface area (Å²) in [4.78, 5) is 12.4. The van der Waals surface area contributed by atoms with Crippen LogP contribution in [0, 0.1) is 13.8 Å². The molecule has 0 radical (unpaired) electrons. The Kier molecular flexibility index (Phi) is 5.49. The zero-order chi connectivity index (χ0) is 18.5. The van der Waals surface area contributed by atoms with Gasteiger partial charge in [0.05, 0.1) is 11.8 Å². The molecule has 0 aliphatic carbocycles. The van der Waals surface area contributed by atoms with Gasteiger partial charge in [0.15, 0.2) is 5.69 Å². The van der Waals surface area contributed by atoms with E-state index in [9.17, 15) is 9.90 Å². The Hall–Kier alpha value is -2.92. The number of nitrogens with one attached hydrogen (secondary N) is 1. The number of aliphatic hydroxyl groups is 1. The number of benzene rings is 2. The first-order valence-corrected chi connectivity index (χ1v) is 8.67. The van der Waals surface area contributed by atoms with Crippen molar-refractivity contribution in [2.45, 2.75) is 26.4 Å². The van der Waals surface area contributed by atoms with Crippen molar-refractivity contribution in [3.63, 3.8) is 0 Å². The number of hydrogen-bond acceptors (Lipinski definition) is 3. The maximum atomic E-state index is 12.4. The van der Waals surface area contributed by atoms with Gasteiger partial charge in [-0.2, -0.15) is 5.10 Å². The van der Waals surface area contributed by atoms with Gasteiger partial charge in [0.1, 0.15) is 0 Å². The molecule has 0 bridgehead atoms. The molecular weight excluding hydrogens is 326 g/mol. The van der Waals surface area contributed by atoms with Gasteiger partial charge in [-0.1, -0.05) is 48.0 Å². The van der Waals surface area contributed by atoms with E-state index in [1.165, 1.54) is 5.56 Å². The summed E-state index contributed by atoms with van der Waals surface area (Å²) in [6, 6.07) is 19.4. The van der Waals surface area contributed by atoms with E-state index in [4.69, 9.17) is 0 Å². The topological polar surface area (TPSA) is 67.2 Å². The Labute approximate surface area is 153 Å². The first-order chi connectivity index (χ1) is 12.5. The van der Waals surface area contributed by atoms with Crippen molar-refractivity contribution in [2.24, 2.45) is 0 Å². The summed E-state index contributed by atoms with van der Waals surface area (Å²) in [5.41, 5.74) is 4.34. The van der Waals surface area contributed by atoms with Crippen LogP contribution in [0.2, 0.25) is 0 Å². The second kappa shape index (κ2) is 7.97. The molecule has 0 fully saturated rings. The average molecular weight is 349 g/mol. The molecular formula is C21H23N3O2. The fourth-order valence-electron chi connectivity index (χ4n) is 2.79. The molecule has 2 aromatic carbocycles. The minimum atomic E-state index is -0.637. The van der Waals surface area contributed by atoms with E-state index in [0.29, 0.717) is 12.1 Å². The summed E-state index contributed by atoms with van der Waals surface area (Å²) in [5.74, 6) is -0.286. The predicted molar refractivity (Wildman–Crippen MR) is 102 cm³/mol. The number of amides is 1. The lowest BCUT2D eigenvalue weighted by Crippen LogP contribution is -2.33. The van der Waals surface area contributed by atoms with E-state index in [2.05, 4.69) is 10.4 Å². The second-order valence-electron chi connectivity index (χ2n) is 6.47. The number of carbonyl (C=O) groups is 1. The number of aromatic nitrogens is 2. The molecule has 0 saturated heterocycles. The third-order valence-corrected chi connectivity index (χ3v) is 4.21. The van der Waals surface area contributed by atoms with Crippen LogP contribution in [0.15, 0.2) is 60.7 Å². The van der Waals surface area contributed by atoms with Gasteiger partial charge in [0, 0.05) is 18.7 Å². The lowest BCUT2D eigenvalue weighted by Gasteiger charge is -2.11. The minimum absolute atomic E-state index is 0.185. The summed E-state index contributed by atoms with van der Waals surface area (Å²) in [6.07, 6.45) is -0.139. The van der Waals surface area contributed by atoms with E-state index in [1.54, 1.807) is 10.7 Å². The van der Waals surface area contributed by atoms with Crippen molar-refractivity contribution in [3.8, 4) is 5.69 Å². The van der Waals surface area contributed by atoms with E-state index in [0.717, 1.165) is 16.9 Å². The van der Waals surface area contributed by atoms with Gasteiger partial charge in [-0.05, 0) is 37.6 Å². The van der Waals surface area contributed by atoms with Crippen LogP contribution in [-0.4, -0.2) is 33.4 Å². The van der Waals surface area contributed by atoms with Gasteiger partial charge in [0.25, 0.3) is 5.91 Å². The Morgan fingerprint density at radius 3 is 2.50 bits per heavy atom. The Balaban J connectivity index is 1.61. The van der Waals surface area contributed by atoms with Crippen LogP contribution in [0.1, 0.15) is 27.3 Å². The van der Waals surface area contributed by atoms with Crippen LogP contribution in [-0.2, 0) is 6.42 Å². The van der Waals surface area contributed by atoms with E-state index in [1.807, 2.05) is 68.4 Å². The molecule has 1 aromatic heterocycles. The van der Waals surface area contributed by atoms with Crippen molar-refractivity contribution in [1.82, 2.24) is 15.1 Å². The maximum absolute atomic E-state index is 12.4. The van der Waals surface area contributed by atoms with Crippen LogP contribution in [0.4, 0.5) is 0 Å². The monoisotopic (exact) mass is 349 g/mol. The highest BCUT2D eigenvalue weighted by molar-refractivity contribution is 5.92. The number of nitrogens with zero attached hydrogens (tertiary/aromatic N) is 2. The molecule has 1 heterocycles. The Morgan fingerprint density at radius 2 is 1.81 bits per heavy atom. The minimum Gasteiger partial charge on any atom is -0.391 e. The highest BCUT2D eigenvalue weighted by atomic mass is 16.3. The molecule has 1 amide bonds. The molecule has 5 heteroatoms. The summed E-state index contributed by atoms with van der Waals surface area (Å²) in [5, 5.41) is 17.3. The number of aliphatic hydroxyl groups excluding tert-OH is 1. The maximum Gasteiger partial charge on any atom is 0.271 e. The van der Waals surface area contributed by atoms with E-state index >= 15 is 0 Å². The van der Waals surface area contributed by atoms with Crippen LogP contribution < -0.4 is 5.32 Å². The van der Waals surface area contributed by atoms with Gasteiger partial charge >= 0.3 is 0 Å². The molecule has 134 valence electrons. The van der Waals surface area contributed by atoms with Gasteiger partial charge < -0.3 is 10.4 Å². The molecule has 26 heavy (non-hydrogen) atoms. The molecule has 1 atom stereocenters. The molecule has 3 aromatic rings. The first-order valence-electron chi connectivity index (χ1n) is 8.67. The fraction of sp³-hybridized carbons (Fsp3) is 0.238. The van der Waals surface area contributed by atoms with Crippen molar-refractivity contribution < 1.29 is 9.90 Å². The predicted octanol–water partition coefficient (Wildman–Crippen LogP) is 2.82. The van der Waals surface area contributed by atoms with Crippen molar-refractivity contribution in [2.75, 3.05) is 6.54 Å². The standard InChI is InChI=1S/C21H23N3O2/c1-15-8-10-18(11-9-15)24-16(2)12-20(23-24)21(26)22-14-19(25)13-17-6-4-3-5-7-17/h3-12,19,25H,13-14H2,1-2H3,(H,22,26). The molecule has 5 nitrogen and oxygen atoms in total. The lowest BCUT2D eigenvalue weighted by atomic mass is 10.1. The fourth-order valence-corrected chi connectivity index (χ4v) is 2.79. The average Bonchev–Trinajstić information content (AvgIpc) is 3.03. The first kappa shape index (κ1) is 17.9. The van der Waals surface area contributed by atoms with Gasteiger partial charge in [0.2, 0.25) is 0 Å². The number of hydrogen-bond donors (Lipinski definition) is 2. The third kappa shape index (κ3) is 4.37. The Morgan fingerprint density at radius 1 is 1.12 bits per heavy atom. The van der Waals surface area contributed by atoms with E-state index in [-0.39, 0.29) is 12.5 Å². The van der Waals surface area contributed by atoms with Crippen LogP contribution in [0.5, 0.6) is 0 Å². The Bertz CT molecular complexity index is 870. The summed E-state index contributed by atoms with van der Waals surface area (Å²) >= 11 is 0. The number of aryl methyl sites for hydroxylation is 2. The molecule has 3 rings (SSSR count). The molecule has 0 spiro atoms. The number of rotatable bonds is 6. The van der Waals surface area contributed by atoms with E-state index < -0.39 is 6.10 Å². The van der Waals surface area contributed by atoms with Crippen molar-refractivity contribution in [3.05, 3.63) is 83.2 Å². The zero-order valence-corrected chi connectivity index (χ0v) is 15.0. The summed E-state index contributed by atoms with van der Waals surface area (Å²) in [6.45, 7) is 4.12. The molecule has 0 aliphatic heterocycles. The third-order valence-electron chi connectivity index (χ3n) is 4.21. The highest BCUT2D eigenvalue weighted by Gasteiger charge is 2.15. The molecule has 2 N–H and O–H groups in total. The zero-order valence-electron chi connectivity index (χ0n) is 15.0. The molecule has 1 unspecified atom stereocenters. The van der Waals surface area contributed by atoms with Crippen LogP contribution >= 0.6 is 0 Å². The molecule has 0 saturated carbocycles. The van der Waals surface area contributed by atoms with Crippen molar-refractivity contribution >= 4 is 5.91 Å². The normalized spacial score (nSPS) is 12.0. The second-order valence-corrected chi connectivity index (χ2v) is 6.47. The summed E-state index contributed by atoms with van der Waals surface area (Å²) in [7, 11) is 0. The largest absolute Gasteiger partial charge is 0.391 e. The van der Waals surface area contributed by atoms with Crippen LogP contribution in [0.3, 0.4) is 0 Å². The number of carbonyl (C=O) groups excluding carboxylic acids is 1. The quantitative estimate of drug-likeness (QED) is 0.719. The highest BCUT2D eigenvalue weighted by Crippen LogP contribution is 2.13.